The van der Waals surface area contributed by atoms with E-state index in [0.29, 0.717) is 18.7 Å². The van der Waals surface area contributed by atoms with Crippen LogP contribution in [0.3, 0.4) is 0 Å². The smallest absolute Gasteiger partial charge is 0.250 e. The van der Waals surface area contributed by atoms with Crippen molar-refractivity contribution in [2.75, 3.05) is 12.0 Å². The number of thioether (sulfide) groups is 1. The van der Waals surface area contributed by atoms with E-state index in [1.807, 2.05) is 36.6 Å². The number of sulfonamides is 1. The summed E-state index contributed by atoms with van der Waals surface area (Å²) in [6.07, 6.45) is 2.36. The Kier molecular flexibility index (Phi) is 7.29. The van der Waals surface area contributed by atoms with Crippen LogP contribution in [0.5, 0.6) is 0 Å². The summed E-state index contributed by atoms with van der Waals surface area (Å²) < 4.78 is 27.5. The fraction of sp³-hybridized carbons (Fsp3) is 0.312. The summed E-state index contributed by atoms with van der Waals surface area (Å²) in [5.41, 5.74) is 0.968. The number of carbonyl (C=O) groups excluding carboxylic acids is 1. The van der Waals surface area contributed by atoms with Crippen LogP contribution < -0.4 is 10.0 Å². The van der Waals surface area contributed by atoms with Gasteiger partial charge in [0, 0.05) is 6.54 Å². The second-order valence-electron chi connectivity index (χ2n) is 5.09. The predicted molar refractivity (Wildman–Crippen MR) is 99.7 cm³/mol. The van der Waals surface area contributed by atoms with E-state index in [-0.39, 0.29) is 10.1 Å². The molecule has 1 unspecified atom stereocenters. The van der Waals surface area contributed by atoms with E-state index >= 15 is 0 Å². The molecule has 2 N–H and O–H groups in total. The molecule has 0 aliphatic rings. The van der Waals surface area contributed by atoms with E-state index < -0.39 is 16.1 Å². The van der Waals surface area contributed by atoms with E-state index in [1.54, 1.807) is 23.2 Å². The Morgan fingerprint density at radius 3 is 2.58 bits per heavy atom. The average Bonchev–Trinajstić information content (AvgIpc) is 3.13. The molecule has 0 fully saturated rings. The number of amides is 1. The summed E-state index contributed by atoms with van der Waals surface area (Å²) >= 11 is 2.70. The third-order valence-electron chi connectivity index (χ3n) is 3.29. The topological polar surface area (TPSA) is 75.3 Å². The largest absolute Gasteiger partial charge is 0.351 e. The van der Waals surface area contributed by atoms with Gasteiger partial charge in [-0.25, -0.2) is 8.42 Å². The number of thiophene rings is 1. The highest BCUT2D eigenvalue weighted by molar-refractivity contribution is 7.98. The zero-order chi connectivity index (χ0) is 17.4. The van der Waals surface area contributed by atoms with Crippen molar-refractivity contribution < 1.29 is 13.2 Å². The quantitative estimate of drug-likeness (QED) is 0.696. The first-order chi connectivity index (χ1) is 11.5. The zero-order valence-corrected chi connectivity index (χ0v) is 15.7. The Bertz CT molecular complexity index is 731. The first kappa shape index (κ1) is 19.0. The molecule has 0 saturated carbocycles. The minimum atomic E-state index is -3.68. The van der Waals surface area contributed by atoms with Gasteiger partial charge in [-0.2, -0.15) is 16.5 Å². The van der Waals surface area contributed by atoms with Crippen molar-refractivity contribution in [1.82, 2.24) is 10.0 Å². The van der Waals surface area contributed by atoms with Crippen LogP contribution in [-0.4, -0.2) is 32.4 Å². The van der Waals surface area contributed by atoms with Gasteiger partial charge in [0.25, 0.3) is 10.0 Å². The van der Waals surface area contributed by atoms with Gasteiger partial charge >= 0.3 is 0 Å². The van der Waals surface area contributed by atoms with E-state index in [9.17, 15) is 13.2 Å². The third-order valence-corrected chi connectivity index (χ3v) is 6.81. The van der Waals surface area contributed by atoms with E-state index in [0.717, 1.165) is 16.9 Å². The van der Waals surface area contributed by atoms with Crippen LogP contribution in [0.4, 0.5) is 0 Å². The highest BCUT2D eigenvalue weighted by Crippen LogP contribution is 2.16. The van der Waals surface area contributed by atoms with E-state index in [4.69, 9.17) is 0 Å². The maximum atomic E-state index is 12.4. The Labute approximate surface area is 150 Å². The van der Waals surface area contributed by atoms with E-state index in [2.05, 4.69) is 10.0 Å². The lowest BCUT2D eigenvalue weighted by molar-refractivity contribution is -0.122. The molecule has 1 heterocycles. The Morgan fingerprint density at radius 1 is 1.21 bits per heavy atom. The molecule has 130 valence electrons. The second-order valence-corrected chi connectivity index (χ2v) is 8.96. The first-order valence-electron chi connectivity index (χ1n) is 7.39. The van der Waals surface area contributed by atoms with Gasteiger partial charge in [0.05, 0.1) is 0 Å². The number of hydrogen-bond donors (Lipinski definition) is 2. The first-order valence-corrected chi connectivity index (χ1v) is 11.1. The van der Waals surface area contributed by atoms with Crippen LogP contribution in [0.2, 0.25) is 0 Å². The Balaban J connectivity index is 2.02. The molecule has 2 aromatic rings. The van der Waals surface area contributed by atoms with Crippen molar-refractivity contribution in [1.29, 1.82) is 0 Å². The second kappa shape index (κ2) is 9.22. The molecule has 1 aromatic heterocycles. The monoisotopic (exact) mass is 384 g/mol. The molecule has 24 heavy (non-hydrogen) atoms. The maximum Gasteiger partial charge on any atom is 0.250 e. The highest BCUT2D eigenvalue weighted by Gasteiger charge is 2.25. The molecular formula is C16H20N2O3S3. The van der Waals surface area contributed by atoms with Crippen molar-refractivity contribution in [3.8, 4) is 0 Å². The Morgan fingerprint density at radius 2 is 1.96 bits per heavy atom. The normalized spacial score (nSPS) is 12.7. The van der Waals surface area contributed by atoms with Gasteiger partial charge in [-0.05, 0) is 35.4 Å². The molecule has 0 radical (unpaired) electrons. The number of carbonyl (C=O) groups is 1. The standard InChI is InChI=1S/C16H20N2O3S3/c1-22-11-9-14(18-24(20,21)15-8-5-10-23-15)16(19)17-12-13-6-3-2-4-7-13/h2-8,10,14,18H,9,11-12H2,1H3,(H,17,19). The molecular weight excluding hydrogens is 364 g/mol. The Hall–Kier alpha value is -1.35. The predicted octanol–water partition coefficient (Wildman–Crippen LogP) is 2.46. The lowest BCUT2D eigenvalue weighted by atomic mass is 10.2. The molecule has 5 nitrogen and oxygen atoms in total. The van der Waals surface area contributed by atoms with Gasteiger partial charge in [0.2, 0.25) is 5.91 Å². The molecule has 2 rings (SSSR count). The van der Waals surface area contributed by atoms with Crippen molar-refractivity contribution >= 4 is 39.0 Å². The van der Waals surface area contributed by atoms with Crippen molar-refractivity contribution in [3.63, 3.8) is 0 Å². The fourth-order valence-corrected chi connectivity index (χ4v) is 4.76. The van der Waals surface area contributed by atoms with Crippen LogP contribution in [0.15, 0.2) is 52.1 Å². The molecule has 0 aliphatic carbocycles. The van der Waals surface area contributed by atoms with E-state index in [1.165, 1.54) is 6.07 Å². The molecule has 1 amide bonds. The van der Waals surface area contributed by atoms with Crippen molar-refractivity contribution in [2.45, 2.75) is 23.2 Å². The summed E-state index contributed by atoms with van der Waals surface area (Å²) in [5.74, 6) is 0.379. The summed E-state index contributed by atoms with van der Waals surface area (Å²) in [6, 6.07) is 11.9. The minimum Gasteiger partial charge on any atom is -0.351 e. The molecule has 1 aromatic carbocycles. The minimum absolute atomic E-state index is 0.215. The molecule has 0 spiro atoms. The summed E-state index contributed by atoms with van der Waals surface area (Å²) in [6.45, 7) is 0.371. The average molecular weight is 385 g/mol. The van der Waals surface area contributed by atoms with Crippen LogP contribution in [0.1, 0.15) is 12.0 Å². The van der Waals surface area contributed by atoms with Gasteiger partial charge < -0.3 is 5.32 Å². The van der Waals surface area contributed by atoms with Crippen LogP contribution in [0.25, 0.3) is 0 Å². The summed E-state index contributed by atoms with van der Waals surface area (Å²) in [4.78, 5) is 12.4. The van der Waals surface area contributed by atoms with Gasteiger partial charge in [0.15, 0.2) is 0 Å². The summed E-state index contributed by atoms with van der Waals surface area (Å²) in [5, 5.41) is 4.50. The van der Waals surface area contributed by atoms with Gasteiger partial charge in [-0.15, -0.1) is 11.3 Å². The maximum absolute atomic E-state index is 12.4. The highest BCUT2D eigenvalue weighted by atomic mass is 32.2. The van der Waals surface area contributed by atoms with Gasteiger partial charge in [-0.3, -0.25) is 4.79 Å². The fourth-order valence-electron chi connectivity index (χ4n) is 2.05. The third kappa shape index (κ3) is 5.62. The van der Waals surface area contributed by atoms with Gasteiger partial charge in [-0.1, -0.05) is 36.4 Å². The molecule has 0 saturated heterocycles. The van der Waals surface area contributed by atoms with Crippen LogP contribution >= 0.6 is 23.1 Å². The number of rotatable bonds is 9. The molecule has 8 heteroatoms. The zero-order valence-electron chi connectivity index (χ0n) is 13.3. The van der Waals surface area contributed by atoms with Gasteiger partial charge in [0.1, 0.15) is 10.3 Å². The summed E-state index contributed by atoms with van der Waals surface area (Å²) in [7, 11) is -3.68. The lowest BCUT2D eigenvalue weighted by Crippen LogP contribution is -2.46. The number of nitrogens with one attached hydrogen (secondary N) is 2. The molecule has 1 atom stereocenters. The number of hydrogen-bond acceptors (Lipinski definition) is 5. The number of benzene rings is 1. The van der Waals surface area contributed by atoms with Crippen molar-refractivity contribution in [2.24, 2.45) is 0 Å². The lowest BCUT2D eigenvalue weighted by Gasteiger charge is -2.17. The van der Waals surface area contributed by atoms with Crippen molar-refractivity contribution in [3.05, 3.63) is 53.4 Å². The van der Waals surface area contributed by atoms with Crippen LogP contribution in [0, 0.1) is 0 Å². The van der Waals surface area contributed by atoms with Crippen LogP contribution in [-0.2, 0) is 21.4 Å². The molecule has 0 aliphatic heterocycles. The SMILES string of the molecule is CSCCC(NS(=O)(=O)c1cccs1)C(=O)NCc1ccccc1. The molecule has 0 bridgehead atoms.